The Bertz CT molecular complexity index is 1290. The molecule has 4 rings (SSSR count). The van der Waals surface area contributed by atoms with Gasteiger partial charge in [0.25, 0.3) is 5.76 Å². The van der Waals surface area contributed by atoms with Crippen LogP contribution in [0.25, 0.3) is 11.3 Å². The number of pyridine rings is 1. The fourth-order valence-electron chi connectivity index (χ4n) is 3.62. The molecule has 180 valence electrons. The summed E-state index contributed by atoms with van der Waals surface area (Å²) in [5.74, 6) is -1.29. The van der Waals surface area contributed by atoms with Gasteiger partial charge in [-0.15, -0.1) is 0 Å². The molecule has 0 bridgehead atoms. The number of anilines is 1. The Labute approximate surface area is 205 Å². The lowest BCUT2D eigenvalue weighted by Gasteiger charge is -2.15. The highest BCUT2D eigenvalue weighted by molar-refractivity contribution is 6.31. The number of carboxylic acids is 1. The Balaban J connectivity index is 1.45. The van der Waals surface area contributed by atoms with Crippen molar-refractivity contribution in [1.29, 1.82) is 5.26 Å². The molecule has 1 fully saturated rings. The quantitative estimate of drug-likeness (QED) is 0.436. The second kappa shape index (κ2) is 10.0. The molecule has 2 N–H and O–H groups in total. The summed E-state index contributed by atoms with van der Waals surface area (Å²) in [6.07, 6.45) is 0.428. The molecule has 0 radical (unpaired) electrons. The first-order chi connectivity index (χ1) is 16.8. The van der Waals surface area contributed by atoms with Crippen LogP contribution in [0.4, 0.5) is 10.5 Å². The van der Waals surface area contributed by atoms with Crippen molar-refractivity contribution >= 4 is 29.4 Å². The molecule has 1 aromatic carbocycles. The van der Waals surface area contributed by atoms with E-state index in [1.54, 1.807) is 50.2 Å². The van der Waals surface area contributed by atoms with Crippen molar-refractivity contribution in [2.24, 2.45) is 11.8 Å². The highest BCUT2D eigenvalue weighted by atomic mass is 35.5. The lowest BCUT2D eigenvalue weighted by molar-refractivity contribution is -0.142. The topological polar surface area (TPSA) is 148 Å². The molecule has 1 aliphatic rings. The number of amides is 1. The first kappa shape index (κ1) is 24.0. The fourth-order valence-corrected chi connectivity index (χ4v) is 3.91. The van der Waals surface area contributed by atoms with Gasteiger partial charge in [0, 0.05) is 34.3 Å². The zero-order chi connectivity index (χ0) is 25.1. The van der Waals surface area contributed by atoms with E-state index in [2.05, 4.69) is 15.5 Å². The van der Waals surface area contributed by atoms with Crippen LogP contribution in [0.2, 0.25) is 5.02 Å². The first-order valence-corrected chi connectivity index (χ1v) is 11.1. The highest BCUT2D eigenvalue weighted by Crippen LogP contribution is 2.40. The monoisotopic (exact) mass is 496 g/mol. The van der Waals surface area contributed by atoms with Crippen LogP contribution in [0.15, 0.2) is 47.1 Å². The summed E-state index contributed by atoms with van der Waals surface area (Å²) in [5, 5.41) is 25.3. The van der Waals surface area contributed by atoms with Gasteiger partial charge in [0.15, 0.2) is 0 Å². The average molecular weight is 497 g/mol. The van der Waals surface area contributed by atoms with Crippen molar-refractivity contribution in [1.82, 2.24) is 10.1 Å². The summed E-state index contributed by atoms with van der Waals surface area (Å²) in [5.41, 5.74) is 1.32. The molecule has 4 unspecified atom stereocenters. The third-order valence-corrected chi connectivity index (χ3v) is 6.08. The van der Waals surface area contributed by atoms with Gasteiger partial charge in [-0.05, 0) is 25.5 Å². The Morgan fingerprint density at radius 1 is 1.29 bits per heavy atom. The van der Waals surface area contributed by atoms with Crippen LogP contribution in [0.5, 0.6) is 5.88 Å². The van der Waals surface area contributed by atoms with Gasteiger partial charge in [-0.25, -0.2) is 9.78 Å². The maximum Gasteiger partial charge on any atom is 0.412 e. The number of benzene rings is 1. The number of nitriles is 1. The van der Waals surface area contributed by atoms with Crippen LogP contribution >= 0.6 is 11.6 Å². The number of hydrogen-bond acceptors (Lipinski definition) is 8. The van der Waals surface area contributed by atoms with Gasteiger partial charge in [0.1, 0.15) is 29.7 Å². The van der Waals surface area contributed by atoms with Crippen LogP contribution < -0.4 is 10.1 Å². The minimum Gasteiger partial charge on any atom is -0.481 e. The summed E-state index contributed by atoms with van der Waals surface area (Å²) in [7, 11) is 0. The molecule has 2 heterocycles. The third kappa shape index (κ3) is 5.36. The zero-order valence-electron chi connectivity index (χ0n) is 18.8. The molecule has 11 heteroatoms. The van der Waals surface area contributed by atoms with Crippen LogP contribution in [0, 0.1) is 23.2 Å². The van der Waals surface area contributed by atoms with E-state index in [1.807, 2.05) is 6.07 Å². The Morgan fingerprint density at radius 3 is 2.71 bits per heavy atom. The summed E-state index contributed by atoms with van der Waals surface area (Å²) >= 11 is 6.16. The van der Waals surface area contributed by atoms with E-state index in [4.69, 9.17) is 30.7 Å². The number of nitrogens with zero attached hydrogens (tertiary/aromatic N) is 3. The average Bonchev–Trinajstić information content (AvgIpc) is 3.48. The molecule has 0 saturated heterocycles. The zero-order valence-corrected chi connectivity index (χ0v) is 19.5. The summed E-state index contributed by atoms with van der Waals surface area (Å²) < 4.78 is 16.2. The number of carbonyl (C=O) groups excluding carboxylic acids is 1. The maximum absolute atomic E-state index is 12.5. The van der Waals surface area contributed by atoms with E-state index in [1.165, 1.54) is 6.20 Å². The largest absolute Gasteiger partial charge is 0.481 e. The van der Waals surface area contributed by atoms with Gasteiger partial charge >= 0.3 is 12.1 Å². The Kier molecular flexibility index (Phi) is 6.89. The van der Waals surface area contributed by atoms with Crippen molar-refractivity contribution < 1.29 is 28.7 Å². The van der Waals surface area contributed by atoms with E-state index in [-0.39, 0.29) is 29.2 Å². The van der Waals surface area contributed by atoms with Crippen LogP contribution in [0.1, 0.15) is 37.7 Å². The van der Waals surface area contributed by atoms with Gasteiger partial charge in [0.2, 0.25) is 5.88 Å². The summed E-state index contributed by atoms with van der Waals surface area (Å²) in [4.78, 5) is 27.9. The predicted octanol–water partition coefficient (Wildman–Crippen LogP) is 5.06. The first-order valence-electron chi connectivity index (χ1n) is 10.8. The Morgan fingerprint density at radius 2 is 2.06 bits per heavy atom. The number of aliphatic carboxylic acids is 1. The van der Waals surface area contributed by atoms with E-state index in [9.17, 15) is 14.9 Å². The maximum atomic E-state index is 12.5. The number of ether oxygens (including phenoxy) is 2. The number of hydrogen-bond donors (Lipinski definition) is 2. The number of carboxylic acid groups (broad SMARTS) is 1. The molecule has 2 aromatic heterocycles. The summed E-state index contributed by atoms with van der Waals surface area (Å²) in [6.45, 7) is 3.32. The molecular formula is C24H21ClN4O6. The molecular weight excluding hydrogens is 476 g/mol. The lowest BCUT2D eigenvalue weighted by Crippen LogP contribution is -2.17. The van der Waals surface area contributed by atoms with Crippen LogP contribution in [-0.2, 0) is 9.53 Å². The van der Waals surface area contributed by atoms with Crippen LogP contribution in [0.3, 0.4) is 0 Å². The van der Waals surface area contributed by atoms with Crippen molar-refractivity contribution in [3.8, 4) is 23.2 Å². The second-order valence-electron chi connectivity index (χ2n) is 8.11. The van der Waals surface area contributed by atoms with Crippen molar-refractivity contribution in [3.63, 3.8) is 0 Å². The molecule has 1 amide bonds. The number of halogens is 1. The van der Waals surface area contributed by atoms with Crippen molar-refractivity contribution in [3.05, 3.63) is 58.9 Å². The number of rotatable bonds is 8. The minimum atomic E-state index is -0.858. The molecule has 0 spiro atoms. The highest BCUT2D eigenvalue weighted by Gasteiger charge is 2.46. The molecule has 4 atom stereocenters. The molecule has 1 saturated carbocycles. The van der Waals surface area contributed by atoms with E-state index in [0.717, 1.165) is 0 Å². The number of carbonyl (C=O) groups is 2. The minimum absolute atomic E-state index is 0.0388. The van der Waals surface area contributed by atoms with Gasteiger partial charge in [-0.1, -0.05) is 41.9 Å². The van der Waals surface area contributed by atoms with Crippen molar-refractivity contribution in [2.45, 2.75) is 32.5 Å². The Hall–Kier alpha value is -4.10. The standard InChI is InChI=1S/C24H21ClN4O6/c1-12(23(30)31)16-9-18(16)34-20-8-7-14(11-27-20)21-22(19(10-26)35-29-21)28-24(32)33-13(2)15-5-3-4-6-17(15)25/h3-8,11-13,16,18H,9H2,1-2H3,(H,28,32)(H,30,31). The second-order valence-corrected chi connectivity index (χ2v) is 8.52. The van der Waals surface area contributed by atoms with Crippen LogP contribution in [-0.4, -0.2) is 33.4 Å². The van der Waals surface area contributed by atoms with Gasteiger partial charge in [-0.2, -0.15) is 5.26 Å². The van der Waals surface area contributed by atoms with Gasteiger partial charge in [-0.3, -0.25) is 10.1 Å². The molecule has 3 aromatic rings. The van der Waals surface area contributed by atoms with Crippen molar-refractivity contribution in [2.75, 3.05) is 5.32 Å². The lowest BCUT2D eigenvalue weighted by atomic mass is 10.1. The smallest absolute Gasteiger partial charge is 0.412 e. The predicted molar refractivity (Wildman–Crippen MR) is 124 cm³/mol. The molecule has 1 aliphatic carbocycles. The van der Waals surface area contributed by atoms with Gasteiger partial charge < -0.3 is 19.1 Å². The van der Waals surface area contributed by atoms with E-state index >= 15 is 0 Å². The third-order valence-electron chi connectivity index (χ3n) is 5.74. The molecule has 10 nitrogen and oxygen atoms in total. The summed E-state index contributed by atoms with van der Waals surface area (Å²) in [6, 6.07) is 12.1. The molecule has 35 heavy (non-hydrogen) atoms. The normalized spacial score (nSPS) is 18.1. The number of nitrogens with one attached hydrogen (secondary N) is 1. The van der Waals surface area contributed by atoms with E-state index in [0.29, 0.717) is 28.5 Å². The number of aromatic nitrogens is 2. The SMILES string of the molecule is CC(OC(=O)Nc1c(-c2ccc(OC3CC3C(C)C(=O)O)nc2)noc1C#N)c1ccccc1Cl. The van der Waals surface area contributed by atoms with Gasteiger partial charge in [0.05, 0.1) is 5.92 Å². The fraction of sp³-hybridized carbons (Fsp3) is 0.292. The van der Waals surface area contributed by atoms with E-state index < -0.39 is 24.1 Å². The molecule has 0 aliphatic heterocycles.